The van der Waals surface area contributed by atoms with Crippen molar-refractivity contribution in [1.82, 2.24) is 5.32 Å². The number of nitrogens with one attached hydrogen (secondary N) is 1. The van der Waals surface area contributed by atoms with Gasteiger partial charge >= 0.3 is 0 Å². The molecular formula is C7H14ClNO. The molecule has 2 aliphatic rings. The number of rotatable bonds is 0. The minimum Gasteiger partial charge on any atom is -0.393 e. The van der Waals surface area contributed by atoms with Crippen molar-refractivity contribution in [2.45, 2.75) is 31.4 Å². The van der Waals surface area contributed by atoms with Crippen LogP contribution >= 0.6 is 12.4 Å². The minimum atomic E-state index is 0. The van der Waals surface area contributed by atoms with E-state index < -0.39 is 0 Å². The number of aliphatic hydroxyl groups is 1. The van der Waals surface area contributed by atoms with Crippen LogP contribution in [0.2, 0.25) is 0 Å². The lowest BCUT2D eigenvalue weighted by molar-refractivity contribution is -0.0273. The number of fused-ring (bicyclic) bond motifs is 1. The van der Waals surface area contributed by atoms with E-state index in [9.17, 15) is 5.11 Å². The molecule has 60 valence electrons. The van der Waals surface area contributed by atoms with E-state index in [0.717, 1.165) is 13.0 Å². The molecule has 0 aromatic heterocycles. The molecule has 0 aromatic carbocycles. The third kappa shape index (κ3) is 1.16. The predicted octanol–water partition coefficient (Wildman–Crippen LogP) is 0.541. The summed E-state index contributed by atoms with van der Waals surface area (Å²) < 4.78 is 0. The number of hydrogen-bond donors (Lipinski definition) is 2. The van der Waals surface area contributed by atoms with Crippen LogP contribution in [0.15, 0.2) is 0 Å². The van der Waals surface area contributed by atoms with Crippen molar-refractivity contribution in [1.29, 1.82) is 0 Å². The summed E-state index contributed by atoms with van der Waals surface area (Å²) in [5, 5.41) is 12.6. The summed E-state index contributed by atoms with van der Waals surface area (Å²) in [5.41, 5.74) is 0. The lowest BCUT2D eigenvalue weighted by Crippen LogP contribution is -2.56. The van der Waals surface area contributed by atoms with Crippen LogP contribution < -0.4 is 5.32 Å². The molecule has 3 atom stereocenters. The van der Waals surface area contributed by atoms with Gasteiger partial charge in [-0.1, -0.05) is 0 Å². The number of hydrogen-bond acceptors (Lipinski definition) is 2. The second-order valence-corrected chi connectivity index (χ2v) is 3.17. The van der Waals surface area contributed by atoms with Gasteiger partial charge in [0.2, 0.25) is 0 Å². The Morgan fingerprint density at radius 2 is 2.20 bits per heavy atom. The SMILES string of the molecule is Cl.O[C@@H]1C[C@H]2NCCC[C@@H]12. The van der Waals surface area contributed by atoms with Gasteiger partial charge in [-0.05, 0) is 25.8 Å². The Bertz CT molecular complexity index is 118. The van der Waals surface area contributed by atoms with Gasteiger partial charge in [0.25, 0.3) is 0 Å². The normalized spacial score (nSPS) is 44.7. The fourth-order valence-electron chi connectivity index (χ4n) is 1.94. The van der Waals surface area contributed by atoms with Gasteiger partial charge in [0.15, 0.2) is 0 Å². The topological polar surface area (TPSA) is 32.3 Å². The van der Waals surface area contributed by atoms with Crippen molar-refractivity contribution in [2.24, 2.45) is 5.92 Å². The standard InChI is InChI=1S/C7H13NO.ClH/c9-7-4-6-5(7)2-1-3-8-6;/h5-9H,1-4H2;1H/t5-,6-,7-;/m1./s1. The number of halogens is 1. The summed E-state index contributed by atoms with van der Waals surface area (Å²) in [5.74, 6) is 0.596. The van der Waals surface area contributed by atoms with Crippen molar-refractivity contribution in [2.75, 3.05) is 6.54 Å². The third-order valence-electron chi connectivity index (χ3n) is 2.63. The largest absolute Gasteiger partial charge is 0.393 e. The summed E-state index contributed by atoms with van der Waals surface area (Å²) >= 11 is 0. The maximum absolute atomic E-state index is 9.20. The van der Waals surface area contributed by atoms with Gasteiger partial charge in [0, 0.05) is 12.0 Å². The molecular weight excluding hydrogens is 150 g/mol. The smallest absolute Gasteiger partial charge is 0.0598 e. The first-order valence-corrected chi connectivity index (χ1v) is 3.79. The van der Waals surface area contributed by atoms with Gasteiger partial charge in [0.05, 0.1) is 6.10 Å². The molecule has 2 rings (SSSR count). The lowest BCUT2D eigenvalue weighted by atomic mass is 9.72. The fraction of sp³-hybridized carbons (Fsp3) is 1.00. The zero-order chi connectivity index (χ0) is 6.27. The molecule has 3 heteroatoms. The molecule has 1 aliphatic heterocycles. The van der Waals surface area contributed by atoms with Crippen molar-refractivity contribution in [3.8, 4) is 0 Å². The zero-order valence-corrected chi connectivity index (χ0v) is 6.73. The van der Waals surface area contributed by atoms with Crippen molar-refractivity contribution in [3.63, 3.8) is 0 Å². The van der Waals surface area contributed by atoms with E-state index in [2.05, 4.69) is 5.32 Å². The minimum absolute atomic E-state index is 0. The van der Waals surface area contributed by atoms with Crippen LogP contribution in [0.5, 0.6) is 0 Å². The quantitative estimate of drug-likeness (QED) is 0.547. The van der Waals surface area contributed by atoms with Crippen LogP contribution in [0, 0.1) is 5.92 Å². The second kappa shape index (κ2) is 3.07. The maximum Gasteiger partial charge on any atom is 0.0598 e. The van der Waals surface area contributed by atoms with Crippen LogP contribution in [0.1, 0.15) is 19.3 Å². The van der Waals surface area contributed by atoms with Crippen LogP contribution in [-0.4, -0.2) is 23.8 Å². The molecule has 0 bridgehead atoms. The average molecular weight is 164 g/mol. The highest BCUT2D eigenvalue weighted by molar-refractivity contribution is 5.85. The molecule has 1 saturated heterocycles. The predicted molar refractivity (Wildman–Crippen MR) is 42.4 cm³/mol. The molecule has 10 heavy (non-hydrogen) atoms. The van der Waals surface area contributed by atoms with E-state index in [-0.39, 0.29) is 18.5 Å². The van der Waals surface area contributed by atoms with E-state index in [1.165, 1.54) is 12.8 Å². The highest BCUT2D eigenvalue weighted by Crippen LogP contribution is 2.34. The molecule has 0 aromatic rings. The van der Waals surface area contributed by atoms with Gasteiger partial charge in [0.1, 0.15) is 0 Å². The first kappa shape index (κ1) is 8.31. The molecule has 1 saturated carbocycles. The van der Waals surface area contributed by atoms with E-state index in [0.29, 0.717) is 12.0 Å². The summed E-state index contributed by atoms with van der Waals surface area (Å²) in [4.78, 5) is 0. The van der Waals surface area contributed by atoms with Crippen molar-refractivity contribution >= 4 is 12.4 Å². The lowest BCUT2D eigenvalue weighted by Gasteiger charge is -2.45. The van der Waals surface area contributed by atoms with Gasteiger partial charge in [-0.15, -0.1) is 12.4 Å². The molecule has 0 amide bonds. The number of piperidine rings is 1. The van der Waals surface area contributed by atoms with Gasteiger partial charge < -0.3 is 10.4 Å². The van der Waals surface area contributed by atoms with E-state index >= 15 is 0 Å². The van der Waals surface area contributed by atoms with Gasteiger partial charge in [-0.25, -0.2) is 0 Å². The summed E-state index contributed by atoms with van der Waals surface area (Å²) in [6.07, 6.45) is 3.49. The Balaban J connectivity index is 0.000000500. The Morgan fingerprint density at radius 3 is 2.70 bits per heavy atom. The molecule has 1 aliphatic carbocycles. The van der Waals surface area contributed by atoms with Crippen LogP contribution in [0.3, 0.4) is 0 Å². The van der Waals surface area contributed by atoms with E-state index in [1.54, 1.807) is 0 Å². The zero-order valence-electron chi connectivity index (χ0n) is 5.92. The molecule has 0 spiro atoms. The van der Waals surface area contributed by atoms with Gasteiger partial charge in [-0.2, -0.15) is 0 Å². The highest BCUT2D eigenvalue weighted by atomic mass is 35.5. The van der Waals surface area contributed by atoms with E-state index in [1.807, 2.05) is 0 Å². The third-order valence-corrected chi connectivity index (χ3v) is 2.63. The number of aliphatic hydroxyl groups excluding tert-OH is 1. The molecule has 0 radical (unpaired) electrons. The maximum atomic E-state index is 9.20. The van der Waals surface area contributed by atoms with Crippen molar-refractivity contribution < 1.29 is 5.11 Å². The second-order valence-electron chi connectivity index (χ2n) is 3.17. The first-order valence-electron chi connectivity index (χ1n) is 3.79. The fourth-order valence-corrected chi connectivity index (χ4v) is 1.94. The Labute approximate surface area is 67.4 Å². The highest BCUT2D eigenvalue weighted by Gasteiger charge is 2.40. The molecule has 1 heterocycles. The average Bonchev–Trinajstić information content (AvgIpc) is 1.86. The summed E-state index contributed by atoms with van der Waals surface area (Å²) in [6.45, 7) is 1.16. The monoisotopic (exact) mass is 163 g/mol. The molecule has 2 fully saturated rings. The first-order chi connectivity index (χ1) is 4.38. The van der Waals surface area contributed by atoms with Crippen LogP contribution in [0.4, 0.5) is 0 Å². The van der Waals surface area contributed by atoms with Crippen LogP contribution in [0.25, 0.3) is 0 Å². The summed E-state index contributed by atoms with van der Waals surface area (Å²) in [7, 11) is 0. The Kier molecular flexibility index (Phi) is 2.55. The Hall–Kier alpha value is 0.210. The van der Waals surface area contributed by atoms with Crippen LogP contribution in [-0.2, 0) is 0 Å². The molecule has 2 N–H and O–H groups in total. The van der Waals surface area contributed by atoms with Gasteiger partial charge in [-0.3, -0.25) is 0 Å². The molecule has 2 nitrogen and oxygen atoms in total. The molecule has 0 unspecified atom stereocenters. The summed E-state index contributed by atoms with van der Waals surface area (Å²) in [6, 6.07) is 0.661. The Morgan fingerprint density at radius 1 is 1.40 bits per heavy atom. The van der Waals surface area contributed by atoms with E-state index in [4.69, 9.17) is 0 Å². The van der Waals surface area contributed by atoms with Crippen molar-refractivity contribution in [3.05, 3.63) is 0 Å².